The average Bonchev–Trinajstić information content (AvgIpc) is 2.23. The molecule has 0 saturated heterocycles. The Kier molecular flexibility index (Phi) is 2.19. The van der Waals surface area contributed by atoms with Crippen LogP contribution in [0.1, 0.15) is 33.6 Å². The van der Waals surface area contributed by atoms with Gasteiger partial charge in [-0.25, -0.2) is 5.01 Å². The van der Waals surface area contributed by atoms with Crippen molar-refractivity contribution in [2.75, 3.05) is 0 Å². The van der Waals surface area contributed by atoms with Gasteiger partial charge < -0.3 is 5.11 Å². The molecule has 1 rings (SSSR count). The van der Waals surface area contributed by atoms with Crippen LogP contribution in [-0.4, -0.2) is 27.5 Å². The third-order valence-corrected chi connectivity index (χ3v) is 1.86. The lowest BCUT2D eigenvalue weighted by atomic mass is 10.1. The van der Waals surface area contributed by atoms with Crippen LogP contribution >= 0.6 is 0 Å². The Morgan fingerprint density at radius 2 is 2.42 bits per heavy atom. The van der Waals surface area contributed by atoms with Gasteiger partial charge in [0.05, 0.1) is 0 Å². The molecule has 12 heavy (non-hydrogen) atoms. The monoisotopic (exact) mass is 170 g/mol. The van der Waals surface area contributed by atoms with Gasteiger partial charge in [-0.3, -0.25) is 4.79 Å². The molecule has 1 N–H and O–H groups in total. The second-order valence-corrected chi connectivity index (χ2v) is 3.29. The number of hydrogen-bond acceptors (Lipinski definition) is 3. The van der Waals surface area contributed by atoms with Crippen molar-refractivity contribution in [3.8, 4) is 0 Å². The zero-order valence-electron chi connectivity index (χ0n) is 7.66. The van der Waals surface area contributed by atoms with Crippen molar-refractivity contribution in [3.63, 3.8) is 0 Å². The molecule has 0 aromatic carbocycles. The number of rotatable bonds is 1. The van der Waals surface area contributed by atoms with Crippen LogP contribution in [0, 0.1) is 0 Å². The maximum Gasteiger partial charge on any atom is 0.245 e. The number of nitrogens with zero attached hydrogens (tertiary/aromatic N) is 2. The van der Waals surface area contributed by atoms with Crippen LogP contribution in [0.5, 0.6) is 0 Å². The summed E-state index contributed by atoms with van der Waals surface area (Å²) in [4.78, 5) is 11.2. The normalized spacial score (nSPS) is 29.0. The predicted molar refractivity (Wildman–Crippen MR) is 45.5 cm³/mol. The maximum atomic E-state index is 11.2. The number of amides is 1. The fourth-order valence-electron chi connectivity index (χ4n) is 1.35. The first kappa shape index (κ1) is 9.19. The predicted octanol–water partition coefficient (Wildman–Crippen LogP) is 0.713. The molecule has 0 bridgehead atoms. The first-order chi connectivity index (χ1) is 5.47. The molecule has 0 fully saturated rings. The summed E-state index contributed by atoms with van der Waals surface area (Å²) in [6.07, 6.45) is 0.811. The van der Waals surface area contributed by atoms with E-state index >= 15 is 0 Å². The quantitative estimate of drug-likeness (QED) is 0.630. The van der Waals surface area contributed by atoms with Crippen molar-refractivity contribution in [2.45, 2.75) is 39.3 Å². The van der Waals surface area contributed by atoms with Crippen LogP contribution in [0.15, 0.2) is 5.10 Å². The third kappa shape index (κ3) is 1.48. The molecular weight excluding hydrogens is 156 g/mol. The summed E-state index contributed by atoms with van der Waals surface area (Å²) >= 11 is 0. The highest BCUT2D eigenvalue weighted by atomic mass is 16.3. The molecule has 4 nitrogen and oxygen atoms in total. The topological polar surface area (TPSA) is 52.9 Å². The molecule has 68 valence electrons. The molecule has 4 heteroatoms. The molecule has 1 aliphatic rings. The van der Waals surface area contributed by atoms with Crippen molar-refractivity contribution in [2.24, 2.45) is 5.10 Å². The lowest BCUT2D eigenvalue weighted by Gasteiger charge is -2.26. The summed E-state index contributed by atoms with van der Waals surface area (Å²) in [5.74, 6) is -0.142. The summed E-state index contributed by atoms with van der Waals surface area (Å²) in [6, 6.07) is 0. The van der Waals surface area contributed by atoms with Crippen molar-refractivity contribution in [1.29, 1.82) is 0 Å². The van der Waals surface area contributed by atoms with Crippen LogP contribution in [-0.2, 0) is 4.79 Å². The molecule has 1 amide bonds. The van der Waals surface area contributed by atoms with E-state index in [1.807, 2.05) is 0 Å². The molecule has 0 aliphatic carbocycles. The third-order valence-electron chi connectivity index (χ3n) is 1.86. The maximum absolute atomic E-state index is 11.2. The second-order valence-electron chi connectivity index (χ2n) is 3.29. The highest BCUT2D eigenvalue weighted by molar-refractivity contribution is 5.88. The minimum atomic E-state index is -1.11. The molecule has 0 saturated carbocycles. The summed E-state index contributed by atoms with van der Waals surface area (Å²) in [5, 5.41) is 14.8. The molecular formula is C8H14N2O2. The van der Waals surface area contributed by atoms with Gasteiger partial charge in [0.25, 0.3) is 0 Å². The van der Waals surface area contributed by atoms with E-state index in [2.05, 4.69) is 5.10 Å². The van der Waals surface area contributed by atoms with E-state index in [0.717, 1.165) is 5.71 Å². The van der Waals surface area contributed by atoms with Gasteiger partial charge in [-0.1, -0.05) is 6.92 Å². The van der Waals surface area contributed by atoms with Crippen LogP contribution < -0.4 is 0 Å². The minimum Gasteiger partial charge on any atom is -0.369 e. The highest BCUT2D eigenvalue weighted by Crippen LogP contribution is 2.24. The Balaban J connectivity index is 2.82. The lowest BCUT2D eigenvalue weighted by Crippen LogP contribution is -2.42. The fourth-order valence-corrected chi connectivity index (χ4v) is 1.35. The van der Waals surface area contributed by atoms with E-state index < -0.39 is 5.72 Å². The smallest absolute Gasteiger partial charge is 0.245 e. The lowest BCUT2D eigenvalue weighted by molar-refractivity contribution is -0.151. The van der Waals surface area contributed by atoms with Crippen LogP contribution in [0.25, 0.3) is 0 Å². The number of carbonyl (C=O) groups excluding carboxylic acids is 1. The van der Waals surface area contributed by atoms with E-state index in [-0.39, 0.29) is 5.91 Å². The highest BCUT2D eigenvalue weighted by Gasteiger charge is 2.37. The van der Waals surface area contributed by atoms with E-state index in [1.54, 1.807) is 20.8 Å². The molecule has 1 heterocycles. The van der Waals surface area contributed by atoms with E-state index in [9.17, 15) is 9.90 Å². The molecule has 0 aromatic heterocycles. The van der Waals surface area contributed by atoms with E-state index in [0.29, 0.717) is 12.8 Å². The van der Waals surface area contributed by atoms with Gasteiger partial charge in [0, 0.05) is 18.6 Å². The van der Waals surface area contributed by atoms with E-state index in [4.69, 9.17) is 0 Å². The number of carbonyl (C=O) groups is 1. The van der Waals surface area contributed by atoms with Gasteiger partial charge in [0.1, 0.15) is 0 Å². The van der Waals surface area contributed by atoms with Crippen molar-refractivity contribution < 1.29 is 9.90 Å². The Labute approximate surface area is 71.9 Å². The second kappa shape index (κ2) is 2.86. The summed E-state index contributed by atoms with van der Waals surface area (Å²) in [6.45, 7) is 5.15. The summed E-state index contributed by atoms with van der Waals surface area (Å²) < 4.78 is 0. The van der Waals surface area contributed by atoms with Crippen LogP contribution in [0.2, 0.25) is 0 Å². The number of aliphatic hydroxyl groups is 1. The van der Waals surface area contributed by atoms with Crippen molar-refractivity contribution in [1.82, 2.24) is 5.01 Å². The molecule has 1 atom stereocenters. The molecule has 1 unspecified atom stereocenters. The largest absolute Gasteiger partial charge is 0.369 e. The van der Waals surface area contributed by atoms with E-state index in [1.165, 1.54) is 5.01 Å². The van der Waals surface area contributed by atoms with Gasteiger partial charge in [-0.2, -0.15) is 5.10 Å². The first-order valence-corrected chi connectivity index (χ1v) is 4.07. The fraction of sp³-hybridized carbons (Fsp3) is 0.750. The van der Waals surface area contributed by atoms with Crippen molar-refractivity contribution in [3.05, 3.63) is 0 Å². The summed E-state index contributed by atoms with van der Waals surface area (Å²) in [5.41, 5.74) is -0.321. The van der Waals surface area contributed by atoms with Gasteiger partial charge in [0.15, 0.2) is 5.72 Å². The molecule has 0 radical (unpaired) electrons. The average molecular weight is 170 g/mol. The molecule has 0 aromatic rings. The number of hydrogen-bond donors (Lipinski definition) is 1. The first-order valence-electron chi connectivity index (χ1n) is 4.07. The Morgan fingerprint density at radius 3 is 2.75 bits per heavy atom. The van der Waals surface area contributed by atoms with Gasteiger partial charge in [-0.05, 0) is 13.8 Å². The zero-order valence-corrected chi connectivity index (χ0v) is 7.66. The van der Waals surface area contributed by atoms with Gasteiger partial charge >= 0.3 is 0 Å². The van der Waals surface area contributed by atoms with Crippen LogP contribution in [0.4, 0.5) is 0 Å². The minimum absolute atomic E-state index is 0.142. The standard InChI is InChI=1S/C8H14N2O2/c1-4-7(11)10-8(3,12)5-6(2)9-10/h12H,4-5H2,1-3H3. The Morgan fingerprint density at radius 1 is 1.83 bits per heavy atom. The van der Waals surface area contributed by atoms with Gasteiger partial charge in [-0.15, -0.1) is 0 Å². The molecule has 1 aliphatic heterocycles. The Hall–Kier alpha value is -0.900. The van der Waals surface area contributed by atoms with Crippen LogP contribution in [0.3, 0.4) is 0 Å². The Bertz CT molecular complexity index is 233. The summed E-state index contributed by atoms with van der Waals surface area (Å²) in [7, 11) is 0. The number of hydrazone groups is 1. The SMILES string of the molecule is CCC(=O)N1N=C(C)CC1(C)O. The van der Waals surface area contributed by atoms with Gasteiger partial charge in [0.2, 0.25) is 5.91 Å². The molecule has 0 spiro atoms. The zero-order chi connectivity index (χ0) is 9.35. The van der Waals surface area contributed by atoms with Crippen molar-refractivity contribution >= 4 is 11.6 Å².